The van der Waals surface area contributed by atoms with Crippen molar-refractivity contribution in [2.75, 3.05) is 53.5 Å². The van der Waals surface area contributed by atoms with Crippen molar-refractivity contribution in [2.45, 2.75) is 63.5 Å². The lowest BCUT2D eigenvalue weighted by Gasteiger charge is -2.34. The largest absolute Gasteiger partial charge is 0.375 e. The summed E-state index contributed by atoms with van der Waals surface area (Å²) < 4.78 is 4.91. The van der Waals surface area contributed by atoms with Crippen LogP contribution in [0.4, 0.5) is 0 Å². The predicted octanol–water partition coefficient (Wildman–Crippen LogP) is 0.984. The number of carbonyl (C=O) groups excluding carboxylic acids is 2. The lowest BCUT2D eigenvalue weighted by Crippen LogP contribution is -2.49. The van der Waals surface area contributed by atoms with Gasteiger partial charge in [-0.2, -0.15) is 0 Å². The van der Waals surface area contributed by atoms with Crippen LogP contribution in [0.5, 0.6) is 0 Å². The van der Waals surface area contributed by atoms with E-state index in [9.17, 15) is 9.59 Å². The smallest absolute Gasteiger partial charge is 0.249 e. The Morgan fingerprint density at radius 3 is 2.48 bits per heavy atom. The molecule has 4 fully saturated rings. The van der Waals surface area contributed by atoms with Crippen LogP contribution in [0.3, 0.4) is 0 Å². The Morgan fingerprint density at radius 2 is 1.96 bits per heavy atom. The quantitative estimate of drug-likeness (QED) is 0.745. The average Bonchev–Trinajstić information content (AvgIpc) is 3.43. The molecule has 0 aromatic rings. The van der Waals surface area contributed by atoms with E-state index in [1.54, 1.807) is 7.11 Å². The number of hydrogen-bond acceptors (Lipinski definition) is 5. The molecule has 2 N–H and O–H groups in total. The van der Waals surface area contributed by atoms with Crippen molar-refractivity contribution in [3.63, 3.8) is 0 Å². The fourth-order valence-electron chi connectivity index (χ4n) is 4.86. The van der Waals surface area contributed by atoms with Gasteiger partial charge in [0.25, 0.3) is 0 Å². The molecule has 4 rings (SSSR count). The van der Waals surface area contributed by atoms with E-state index in [1.807, 2.05) is 18.7 Å². The van der Waals surface area contributed by atoms with E-state index in [0.29, 0.717) is 0 Å². The Bertz CT molecular complexity index is 502. The van der Waals surface area contributed by atoms with Crippen LogP contribution < -0.4 is 10.6 Å². The van der Waals surface area contributed by atoms with Gasteiger partial charge in [0.2, 0.25) is 11.8 Å². The van der Waals surface area contributed by atoms with Gasteiger partial charge in [-0.3, -0.25) is 9.59 Å². The average molecular weight is 383 g/mol. The number of likely N-dealkylation sites (tertiary alicyclic amines) is 2. The van der Waals surface area contributed by atoms with Crippen molar-refractivity contribution in [2.24, 2.45) is 0 Å². The first-order valence-corrected chi connectivity index (χ1v) is 10.5. The van der Waals surface area contributed by atoms with Gasteiger partial charge in [0.15, 0.2) is 0 Å². The number of carbonyl (C=O) groups is 2. The molecule has 4 heterocycles. The zero-order chi connectivity index (χ0) is 19.9. The van der Waals surface area contributed by atoms with Gasteiger partial charge < -0.3 is 25.2 Å². The first kappa shape index (κ1) is 22.1. The van der Waals surface area contributed by atoms with Crippen molar-refractivity contribution in [1.82, 2.24) is 20.4 Å². The number of rotatable bonds is 2. The van der Waals surface area contributed by atoms with Crippen LogP contribution in [0.15, 0.2) is 0 Å². The highest BCUT2D eigenvalue weighted by Crippen LogP contribution is 2.34. The number of likely N-dealkylation sites (N-methyl/N-ethyl adjacent to an activating group) is 1. The second-order valence-corrected chi connectivity index (χ2v) is 8.05. The number of nitrogens with one attached hydrogen (secondary N) is 2. The van der Waals surface area contributed by atoms with Crippen LogP contribution in [-0.4, -0.2) is 86.2 Å². The molecule has 7 heteroatoms. The van der Waals surface area contributed by atoms with E-state index in [1.165, 1.54) is 0 Å². The maximum absolute atomic E-state index is 11.8. The molecule has 0 aliphatic carbocycles. The van der Waals surface area contributed by atoms with Gasteiger partial charge in [0.1, 0.15) is 6.61 Å². The maximum atomic E-state index is 11.8. The summed E-state index contributed by atoms with van der Waals surface area (Å²) in [7, 11) is 3.69. The van der Waals surface area contributed by atoms with E-state index in [2.05, 4.69) is 22.6 Å². The van der Waals surface area contributed by atoms with Crippen LogP contribution in [-0.2, 0) is 14.3 Å². The molecule has 0 bridgehead atoms. The summed E-state index contributed by atoms with van der Waals surface area (Å²) in [5, 5.41) is 6.43. The number of nitrogens with zero attached hydrogens (tertiary/aromatic N) is 2. The SMILES string of the molecule is CC.CN1CCC2(CCC(=O)N2)C1.COCC(=O)N1CCCC12CCNC2. The number of methoxy groups -OCH3 is 1. The van der Waals surface area contributed by atoms with E-state index in [0.717, 1.165) is 71.2 Å². The molecule has 0 radical (unpaired) electrons. The zero-order valence-corrected chi connectivity index (χ0v) is 17.6. The molecule has 0 aromatic carbocycles. The first-order valence-electron chi connectivity index (χ1n) is 10.5. The molecule has 4 aliphatic heterocycles. The second kappa shape index (κ2) is 9.85. The topological polar surface area (TPSA) is 73.9 Å². The van der Waals surface area contributed by atoms with E-state index in [-0.39, 0.29) is 29.5 Å². The summed E-state index contributed by atoms with van der Waals surface area (Å²) in [6, 6.07) is 0. The van der Waals surface area contributed by atoms with Crippen LogP contribution in [0.25, 0.3) is 0 Å². The third kappa shape index (κ3) is 5.21. The molecule has 7 nitrogen and oxygen atoms in total. The van der Waals surface area contributed by atoms with Gasteiger partial charge in [-0.1, -0.05) is 13.8 Å². The fourth-order valence-corrected chi connectivity index (χ4v) is 4.86. The normalized spacial score (nSPS) is 32.3. The molecule has 0 saturated carbocycles. The van der Waals surface area contributed by atoms with Gasteiger partial charge in [0.05, 0.1) is 11.1 Å². The summed E-state index contributed by atoms with van der Waals surface area (Å²) >= 11 is 0. The molecule has 2 unspecified atom stereocenters. The van der Waals surface area contributed by atoms with Crippen LogP contribution in [0.1, 0.15) is 52.4 Å². The molecule has 156 valence electrons. The van der Waals surface area contributed by atoms with Gasteiger partial charge >= 0.3 is 0 Å². The fraction of sp³-hybridized carbons (Fsp3) is 0.900. The molecular formula is C20H38N4O3. The Morgan fingerprint density at radius 1 is 1.19 bits per heavy atom. The standard InChI is InChI=1S/C10H18N2O2.C8H14N2O.C2H6/c1-14-7-9(13)12-6-2-3-10(12)4-5-11-8-10;1-10-5-4-8(6-10)3-2-7(11)9-8;1-2/h11H,2-8H2,1H3;2-6H2,1H3,(H,9,11);1-2H3. The third-order valence-electron chi connectivity index (χ3n) is 6.17. The van der Waals surface area contributed by atoms with Gasteiger partial charge in [0, 0.05) is 39.7 Å². The van der Waals surface area contributed by atoms with E-state index >= 15 is 0 Å². The van der Waals surface area contributed by atoms with Crippen LogP contribution >= 0.6 is 0 Å². The predicted molar refractivity (Wildman–Crippen MR) is 107 cm³/mol. The Labute approximate surface area is 164 Å². The van der Waals surface area contributed by atoms with Crippen molar-refractivity contribution < 1.29 is 14.3 Å². The second-order valence-electron chi connectivity index (χ2n) is 8.05. The molecule has 2 amide bonds. The third-order valence-corrected chi connectivity index (χ3v) is 6.17. The molecule has 0 aromatic heterocycles. The lowest BCUT2D eigenvalue weighted by molar-refractivity contribution is -0.138. The van der Waals surface area contributed by atoms with Crippen LogP contribution in [0.2, 0.25) is 0 Å². The van der Waals surface area contributed by atoms with Crippen molar-refractivity contribution >= 4 is 11.8 Å². The minimum absolute atomic E-state index is 0.121. The highest BCUT2D eigenvalue weighted by molar-refractivity contribution is 5.79. The maximum Gasteiger partial charge on any atom is 0.249 e. The molecule has 2 spiro atoms. The monoisotopic (exact) mass is 382 g/mol. The number of hydrogen-bond donors (Lipinski definition) is 2. The molecular weight excluding hydrogens is 344 g/mol. The molecule has 4 aliphatic rings. The van der Waals surface area contributed by atoms with Gasteiger partial charge in [-0.25, -0.2) is 0 Å². The summed E-state index contributed by atoms with van der Waals surface area (Å²) in [6.45, 7) is 9.30. The summed E-state index contributed by atoms with van der Waals surface area (Å²) in [5.41, 5.74) is 0.279. The van der Waals surface area contributed by atoms with Gasteiger partial charge in [-0.05, 0) is 45.7 Å². The lowest BCUT2D eigenvalue weighted by atomic mass is 9.95. The molecule has 27 heavy (non-hydrogen) atoms. The van der Waals surface area contributed by atoms with E-state index < -0.39 is 0 Å². The summed E-state index contributed by atoms with van der Waals surface area (Å²) in [5.74, 6) is 0.383. The number of ether oxygens (including phenoxy) is 1. The summed E-state index contributed by atoms with van der Waals surface area (Å²) in [4.78, 5) is 27.1. The Balaban J connectivity index is 0.000000181. The zero-order valence-electron chi connectivity index (χ0n) is 17.6. The Hall–Kier alpha value is -1.18. The van der Waals surface area contributed by atoms with Crippen molar-refractivity contribution in [3.05, 3.63) is 0 Å². The minimum Gasteiger partial charge on any atom is -0.375 e. The molecule has 4 saturated heterocycles. The van der Waals surface area contributed by atoms with Gasteiger partial charge in [-0.15, -0.1) is 0 Å². The van der Waals surface area contributed by atoms with Crippen molar-refractivity contribution in [3.8, 4) is 0 Å². The number of amides is 2. The highest BCUT2D eigenvalue weighted by atomic mass is 16.5. The first-order chi connectivity index (χ1) is 13.0. The van der Waals surface area contributed by atoms with Crippen LogP contribution in [0, 0.1) is 0 Å². The highest BCUT2D eigenvalue weighted by Gasteiger charge is 2.45. The minimum atomic E-state index is 0.121. The molecule has 2 atom stereocenters. The Kier molecular flexibility index (Phi) is 8.06. The summed E-state index contributed by atoms with van der Waals surface area (Å²) in [6.07, 6.45) is 6.29. The van der Waals surface area contributed by atoms with Crippen molar-refractivity contribution in [1.29, 1.82) is 0 Å². The van der Waals surface area contributed by atoms with E-state index in [4.69, 9.17) is 4.74 Å².